The number of hydrogen-bond donors (Lipinski definition) is 0. The Labute approximate surface area is 67.6 Å². The van der Waals surface area contributed by atoms with Crippen molar-refractivity contribution in [3.05, 3.63) is 0 Å². The minimum Gasteiger partial charge on any atom is -0.0714 e. The first kappa shape index (κ1) is 10.5. The molecule has 0 aliphatic carbocycles. The predicted octanol–water partition coefficient (Wildman–Crippen LogP) is 3.13. The van der Waals surface area contributed by atoms with Crippen molar-refractivity contribution in [1.29, 1.82) is 0 Å². The largest absolute Gasteiger partial charge is 0.252 e. The van der Waals surface area contributed by atoms with Crippen molar-refractivity contribution >= 4 is 42.2 Å². The zero-order valence-electron chi connectivity index (χ0n) is 6.58. The summed E-state index contributed by atoms with van der Waals surface area (Å²) < 4.78 is 0. The van der Waals surface area contributed by atoms with Gasteiger partial charge in [-0.3, -0.25) is 0 Å². The Morgan fingerprint density at radius 3 is 2.30 bits per heavy atom. The molecule has 0 fully saturated rings. The highest BCUT2D eigenvalue weighted by atomic mass is 31.2. The number of rotatable bonds is 5. The summed E-state index contributed by atoms with van der Waals surface area (Å²) in [5.74, 6) is 2.48. The zero-order valence-corrected chi connectivity index (χ0v) is 9.27. The second-order valence-corrected chi connectivity index (χ2v) is 8.19. The van der Waals surface area contributed by atoms with Crippen LogP contribution in [0, 0.1) is 0 Å². The molecule has 56 valence electrons. The summed E-state index contributed by atoms with van der Waals surface area (Å²) in [6.07, 6.45) is 13.2. The molecular formula is C7H15P3+2. The lowest BCUT2D eigenvalue weighted by Crippen LogP contribution is -1.74. The first-order chi connectivity index (χ1) is 4.70. The highest BCUT2D eigenvalue weighted by molar-refractivity contribution is 7.76. The maximum absolute atomic E-state index is 4.11. The van der Waals surface area contributed by atoms with Crippen LogP contribution in [0.2, 0.25) is 0 Å². The minimum atomic E-state index is 0.0156. The highest BCUT2D eigenvalue weighted by Gasteiger charge is 2.12. The maximum atomic E-state index is 4.11. The Balaban J connectivity index is 3.57. The van der Waals surface area contributed by atoms with Crippen molar-refractivity contribution in [2.24, 2.45) is 0 Å². The van der Waals surface area contributed by atoms with E-state index in [0.717, 1.165) is 0 Å². The molecule has 0 aliphatic rings. The molecule has 0 spiro atoms. The second kappa shape index (κ2) is 6.23. The van der Waals surface area contributed by atoms with E-state index in [9.17, 15) is 0 Å². The molecule has 0 aliphatic heterocycles. The van der Waals surface area contributed by atoms with Crippen LogP contribution < -0.4 is 0 Å². The third-order valence-corrected chi connectivity index (χ3v) is 7.64. The van der Waals surface area contributed by atoms with Gasteiger partial charge in [0.25, 0.3) is 5.90 Å². The third kappa shape index (κ3) is 5.31. The topological polar surface area (TPSA) is 0 Å². The van der Waals surface area contributed by atoms with Gasteiger partial charge in [-0.25, -0.2) is 0 Å². The molecular weight excluding hydrogens is 177 g/mol. The van der Waals surface area contributed by atoms with Gasteiger partial charge in [0.2, 0.25) is 0 Å². The summed E-state index contributed by atoms with van der Waals surface area (Å²) in [6, 6.07) is 0. The molecule has 0 saturated carbocycles. The van der Waals surface area contributed by atoms with Crippen LogP contribution in [0.4, 0.5) is 0 Å². The van der Waals surface area contributed by atoms with Crippen LogP contribution in [-0.4, -0.2) is 36.9 Å². The smallest absolute Gasteiger partial charge is 0.0714 e. The van der Waals surface area contributed by atoms with Gasteiger partial charge >= 0.3 is 0 Å². The van der Waals surface area contributed by atoms with Crippen LogP contribution in [0.15, 0.2) is 0 Å². The molecule has 0 nitrogen and oxygen atoms in total. The third-order valence-electron chi connectivity index (χ3n) is 1.15. The van der Waals surface area contributed by atoms with Crippen molar-refractivity contribution in [3.63, 3.8) is 0 Å². The average molecular weight is 192 g/mol. The molecule has 0 heterocycles. The Morgan fingerprint density at radius 1 is 1.30 bits per heavy atom. The monoisotopic (exact) mass is 192 g/mol. The molecule has 0 radical (unpaired) electrons. The van der Waals surface area contributed by atoms with Crippen LogP contribution in [0.25, 0.3) is 0 Å². The van der Waals surface area contributed by atoms with Gasteiger partial charge in [0.15, 0.2) is 0 Å². The molecule has 0 N–H and O–H groups in total. The summed E-state index contributed by atoms with van der Waals surface area (Å²) in [7, 11) is 1.32. The fourth-order valence-corrected chi connectivity index (χ4v) is 5.93. The van der Waals surface area contributed by atoms with Crippen molar-refractivity contribution in [2.45, 2.75) is 6.92 Å². The quantitative estimate of drug-likeness (QED) is 0.587. The molecule has 3 heteroatoms. The Morgan fingerprint density at radius 2 is 1.90 bits per heavy atom. The fourth-order valence-electron chi connectivity index (χ4n) is 0.569. The fraction of sp³-hybridized carbons (Fsp3) is 0.571. The van der Waals surface area contributed by atoms with Crippen LogP contribution in [0.1, 0.15) is 6.92 Å². The zero-order chi connectivity index (χ0) is 7.98. The van der Waals surface area contributed by atoms with E-state index in [-0.39, 0.29) is 15.1 Å². The first-order valence-corrected chi connectivity index (χ1v) is 8.30. The van der Waals surface area contributed by atoms with E-state index in [1.807, 2.05) is 0 Å². The van der Waals surface area contributed by atoms with Crippen molar-refractivity contribution < 1.29 is 0 Å². The lowest BCUT2D eigenvalue weighted by Gasteiger charge is -1.83. The van der Waals surface area contributed by atoms with E-state index in [0.29, 0.717) is 0 Å². The van der Waals surface area contributed by atoms with Crippen LogP contribution in [0.3, 0.4) is 0 Å². The van der Waals surface area contributed by atoms with Gasteiger partial charge in [-0.05, 0) is 6.92 Å². The van der Waals surface area contributed by atoms with Gasteiger partial charge in [-0.2, -0.15) is 0 Å². The van der Waals surface area contributed by atoms with E-state index < -0.39 is 0 Å². The molecule has 2 unspecified atom stereocenters. The summed E-state index contributed by atoms with van der Waals surface area (Å²) in [6.45, 7) is 2.21. The molecule has 0 bridgehead atoms. The summed E-state index contributed by atoms with van der Waals surface area (Å²) in [5, 5.41) is 0. The van der Waals surface area contributed by atoms with Crippen molar-refractivity contribution in [3.8, 4) is 0 Å². The highest BCUT2D eigenvalue weighted by Crippen LogP contribution is 2.36. The lowest BCUT2D eigenvalue weighted by molar-refractivity contribution is 1.51. The van der Waals surface area contributed by atoms with Gasteiger partial charge in [-0.1, -0.05) is 14.5 Å². The van der Waals surface area contributed by atoms with Gasteiger partial charge < -0.3 is 0 Å². The van der Waals surface area contributed by atoms with Gasteiger partial charge in [0, 0.05) is 0 Å². The summed E-state index contributed by atoms with van der Waals surface area (Å²) >= 11 is 0. The van der Waals surface area contributed by atoms with E-state index in [1.54, 1.807) is 0 Å². The van der Waals surface area contributed by atoms with E-state index in [1.165, 1.54) is 26.2 Å². The average Bonchev–Trinajstić information content (AvgIpc) is 1.88. The van der Waals surface area contributed by atoms with Crippen molar-refractivity contribution in [1.82, 2.24) is 0 Å². The number of hydrogen-bond acceptors (Lipinski definition) is 0. The standard InChI is InChI=1S/C7H15P3/c1-5-9(3)7-10(4)6-8-2/h2-7H2,1H3/q+2. The molecule has 0 amide bonds. The molecule has 2 atom stereocenters. The molecule has 0 aromatic rings. The summed E-state index contributed by atoms with van der Waals surface area (Å²) in [4.78, 5) is 0. The molecule has 0 rings (SSSR count). The lowest BCUT2D eigenvalue weighted by atomic mass is 11.0. The van der Waals surface area contributed by atoms with E-state index in [4.69, 9.17) is 0 Å². The van der Waals surface area contributed by atoms with Crippen molar-refractivity contribution in [2.75, 3.05) is 18.0 Å². The second-order valence-electron chi connectivity index (χ2n) is 2.16. The maximum Gasteiger partial charge on any atom is 0.252 e. The molecule has 0 aromatic heterocycles. The first-order valence-electron chi connectivity index (χ1n) is 3.24. The summed E-state index contributed by atoms with van der Waals surface area (Å²) in [5.41, 5.74) is 0. The normalized spacial score (nSPS) is 13.3. The van der Waals surface area contributed by atoms with Gasteiger partial charge in [-0.15, -0.1) is 0 Å². The Kier molecular flexibility index (Phi) is 6.55. The predicted molar refractivity (Wildman–Crippen MR) is 62.4 cm³/mol. The van der Waals surface area contributed by atoms with Crippen LogP contribution in [0.5, 0.6) is 0 Å². The van der Waals surface area contributed by atoms with E-state index in [2.05, 4.69) is 25.8 Å². The van der Waals surface area contributed by atoms with Gasteiger partial charge in [0.1, 0.15) is 27.2 Å². The minimum absolute atomic E-state index is 0.0156. The van der Waals surface area contributed by atoms with Gasteiger partial charge in [0.05, 0.1) is 12.6 Å². The Hall–Kier alpha value is 0.510. The van der Waals surface area contributed by atoms with E-state index >= 15 is 0 Å². The molecule has 0 saturated heterocycles. The van der Waals surface area contributed by atoms with Crippen LogP contribution >= 0.6 is 23.3 Å². The SMILES string of the molecule is C=PC[P+](=C)C[P+](=C)CC. The molecule has 10 heavy (non-hydrogen) atoms. The van der Waals surface area contributed by atoms with Crippen LogP contribution in [-0.2, 0) is 0 Å². The Bertz CT molecular complexity index is 149. The molecule has 0 aromatic carbocycles.